The van der Waals surface area contributed by atoms with Crippen LogP contribution in [0.5, 0.6) is 0 Å². The van der Waals surface area contributed by atoms with Gasteiger partial charge in [0.2, 0.25) is 0 Å². The standard InChI is InChI=1S/C40H42O3/c1-39(2,3)23-42-34-21-26-19-33-27(20-32(26)30-17-15-24-11-7-9-13-28(24)36(30)34)22-35(43-38(41)40(4,5)6)37-29-14-10-8-12-25(29)16-18-31(33)37/h7-20,34-35,38,41H,21-23H2,1-6H3. The van der Waals surface area contributed by atoms with Gasteiger partial charge in [0.15, 0.2) is 6.29 Å². The summed E-state index contributed by atoms with van der Waals surface area (Å²) in [4.78, 5) is 0. The van der Waals surface area contributed by atoms with E-state index in [9.17, 15) is 5.11 Å². The Morgan fingerprint density at radius 1 is 0.651 bits per heavy atom. The number of hydrogen-bond donors (Lipinski definition) is 1. The molecule has 0 aromatic heterocycles. The van der Waals surface area contributed by atoms with Crippen LogP contribution in [-0.4, -0.2) is 18.0 Å². The zero-order valence-electron chi connectivity index (χ0n) is 26.2. The summed E-state index contributed by atoms with van der Waals surface area (Å²) in [6.07, 6.45) is 0.415. The molecular weight excluding hydrogens is 528 g/mol. The summed E-state index contributed by atoms with van der Waals surface area (Å²) < 4.78 is 13.3. The Kier molecular flexibility index (Phi) is 6.77. The molecule has 0 saturated carbocycles. The molecule has 3 atom stereocenters. The van der Waals surface area contributed by atoms with Crippen LogP contribution in [0.3, 0.4) is 0 Å². The van der Waals surface area contributed by atoms with Crippen LogP contribution < -0.4 is 0 Å². The summed E-state index contributed by atoms with van der Waals surface area (Å²) in [5.41, 5.74) is 9.77. The minimum Gasteiger partial charge on any atom is -0.373 e. The summed E-state index contributed by atoms with van der Waals surface area (Å²) in [5.74, 6) is 0. The predicted molar refractivity (Wildman–Crippen MR) is 177 cm³/mol. The summed E-state index contributed by atoms with van der Waals surface area (Å²) >= 11 is 0. The quantitative estimate of drug-likeness (QED) is 0.219. The molecule has 0 radical (unpaired) electrons. The predicted octanol–water partition coefficient (Wildman–Crippen LogP) is 9.97. The number of aliphatic hydroxyl groups is 1. The Hall–Kier alpha value is -3.50. The van der Waals surface area contributed by atoms with Gasteiger partial charge in [0, 0.05) is 18.3 Å². The molecule has 0 amide bonds. The van der Waals surface area contributed by atoms with Gasteiger partial charge in [-0.15, -0.1) is 0 Å². The SMILES string of the molecule is CC(C)(C)COC1Cc2cc3c(cc2-c2ccc4ccccc4c21)CC(OC(O)C(C)(C)C)c1c-3ccc2ccccc12. The smallest absolute Gasteiger partial charge is 0.160 e. The summed E-state index contributed by atoms with van der Waals surface area (Å²) in [6, 6.07) is 31.0. The van der Waals surface area contributed by atoms with Gasteiger partial charge in [-0.2, -0.15) is 0 Å². The van der Waals surface area contributed by atoms with E-state index in [4.69, 9.17) is 9.47 Å². The molecule has 3 nitrogen and oxygen atoms in total. The van der Waals surface area contributed by atoms with Crippen molar-refractivity contribution in [3.63, 3.8) is 0 Å². The van der Waals surface area contributed by atoms with Gasteiger partial charge in [0.05, 0.1) is 18.8 Å². The second-order valence-electron chi connectivity index (χ2n) is 14.8. The summed E-state index contributed by atoms with van der Waals surface area (Å²) in [5, 5.41) is 16.0. The van der Waals surface area contributed by atoms with Crippen LogP contribution in [0.1, 0.15) is 76.0 Å². The lowest BCUT2D eigenvalue weighted by Gasteiger charge is -2.36. The molecule has 0 fully saturated rings. The first kappa shape index (κ1) is 28.3. The number of hydrogen-bond acceptors (Lipinski definition) is 3. The fraction of sp³-hybridized carbons (Fsp3) is 0.350. The molecule has 0 bridgehead atoms. The highest BCUT2D eigenvalue weighted by molar-refractivity contribution is 5.97. The Morgan fingerprint density at radius 2 is 1.14 bits per heavy atom. The van der Waals surface area contributed by atoms with Crippen molar-refractivity contribution in [1.82, 2.24) is 0 Å². The fourth-order valence-corrected chi connectivity index (χ4v) is 6.86. The topological polar surface area (TPSA) is 38.7 Å². The second-order valence-corrected chi connectivity index (χ2v) is 14.8. The molecule has 3 heteroatoms. The minimum atomic E-state index is -0.878. The average Bonchev–Trinajstić information content (AvgIpc) is 2.97. The number of fused-ring (bicyclic) bond motifs is 10. The monoisotopic (exact) mass is 570 g/mol. The third-order valence-electron chi connectivity index (χ3n) is 9.06. The number of aliphatic hydroxyl groups excluding tert-OH is 1. The van der Waals surface area contributed by atoms with Gasteiger partial charge in [-0.1, -0.05) is 126 Å². The van der Waals surface area contributed by atoms with Crippen molar-refractivity contribution in [1.29, 1.82) is 0 Å². The summed E-state index contributed by atoms with van der Waals surface area (Å²) in [7, 11) is 0. The molecule has 43 heavy (non-hydrogen) atoms. The molecule has 2 aliphatic rings. The zero-order valence-corrected chi connectivity index (χ0v) is 26.2. The van der Waals surface area contributed by atoms with Gasteiger partial charge in [0.1, 0.15) is 0 Å². The zero-order chi connectivity index (χ0) is 30.1. The van der Waals surface area contributed by atoms with Crippen LogP contribution in [0, 0.1) is 10.8 Å². The molecular formula is C40H42O3. The van der Waals surface area contributed by atoms with E-state index >= 15 is 0 Å². The van der Waals surface area contributed by atoms with E-state index in [1.165, 1.54) is 66.1 Å². The lowest BCUT2D eigenvalue weighted by molar-refractivity contribution is -0.189. The molecule has 0 aliphatic heterocycles. The Morgan fingerprint density at radius 3 is 1.65 bits per heavy atom. The minimum absolute atomic E-state index is 0.0106. The van der Waals surface area contributed by atoms with Crippen molar-refractivity contribution in [2.75, 3.05) is 6.61 Å². The normalized spacial score (nSPS) is 18.6. The van der Waals surface area contributed by atoms with Crippen LogP contribution in [0.15, 0.2) is 84.9 Å². The van der Waals surface area contributed by atoms with Crippen molar-refractivity contribution in [2.45, 2.75) is 72.9 Å². The fourth-order valence-electron chi connectivity index (χ4n) is 6.86. The number of ether oxygens (including phenoxy) is 2. The van der Waals surface area contributed by atoms with E-state index in [0.717, 1.165) is 6.42 Å². The third kappa shape index (κ3) is 5.08. The molecule has 1 N–H and O–H groups in total. The van der Waals surface area contributed by atoms with Crippen LogP contribution >= 0.6 is 0 Å². The number of rotatable bonds is 4. The molecule has 3 unspecified atom stereocenters. The lowest BCUT2D eigenvalue weighted by atomic mass is 9.75. The van der Waals surface area contributed by atoms with E-state index in [2.05, 4.69) is 106 Å². The second kappa shape index (κ2) is 10.3. The van der Waals surface area contributed by atoms with Crippen molar-refractivity contribution in [2.24, 2.45) is 10.8 Å². The average molecular weight is 571 g/mol. The Balaban J connectivity index is 1.41. The van der Waals surface area contributed by atoms with Gasteiger partial charge in [0.25, 0.3) is 0 Å². The van der Waals surface area contributed by atoms with Crippen LogP contribution in [0.4, 0.5) is 0 Å². The first-order valence-electron chi connectivity index (χ1n) is 15.6. The van der Waals surface area contributed by atoms with Crippen molar-refractivity contribution < 1.29 is 14.6 Å². The van der Waals surface area contributed by atoms with Crippen molar-refractivity contribution >= 4 is 21.5 Å². The highest BCUT2D eigenvalue weighted by atomic mass is 16.6. The Labute approximate surface area is 255 Å². The van der Waals surface area contributed by atoms with E-state index in [1.54, 1.807) is 0 Å². The van der Waals surface area contributed by atoms with Gasteiger partial charge in [-0.25, -0.2) is 0 Å². The van der Waals surface area contributed by atoms with Gasteiger partial charge in [-0.05, 0) is 71.5 Å². The van der Waals surface area contributed by atoms with Crippen LogP contribution in [-0.2, 0) is 22.3 Å². The first-order valence-corrected chi connectivity index (χ1v) is 15.6. The van der Waals surface area contributed by atoms with E-state index < -0.39 is 6.29 Å². The molecule has 5 aromatic rings. The van der Waals surface area contributed by atoms with E-state index in [1.807, 2.05) is 20.8 Å². The number of benzene rings is 5. The highest BCUT2D eigenvalue weighted by Gasteiger charge is 2.35. The lowest BCUT2D eigenvalue weighted by Crippen LogP contribution is -2.32. The maximum absolute atomic E-state index is 11.1. The highest BCUT2D eigenvalue weighted by Crippen LogP contribution is 2.50. The maximum Gasteiger partial charge on any atom is 0.160 e. The first-order chi connectivity index (χ1) is 20.5. The molecule has 5 aromatic carbocycles. The molecule has 0 saturated heterocycles. The van der Waals surface area contributed by atoms with Gasteiger partial charge in [-0.3, -0.25) is 0 Å². The molecule has 220 valence electrons. The maximum atomic E-state index is 11.1. The van der Waals surface area contributed by atoms with Crippen LogP contribution in [0.2, 0.25) is 0 Å². The van der Waals surface area contributed by atoms with Gasteiger partial charge >= 0.3 is 0 Å². The van der Waals surface area contributed by atoms with E-state index in [-0.39, 0.29) is 23.0 Å². The molecule has 0 heterocycles. The van der Waals surface area contributed by atoms with Crippen molar-refractivity contribution in [3.8, 4) is 22.3 Å². The summed E-state index contributed by atoms with van der Waals surface area (Å²) in [6.45, 7) is 13.5. The van der Waals surface area contributed by atoms with Crippen LogP contribution in [0.25, 0.3) is 43.8 Å². The largest absolute Gasteiger partial charge is 0.373 e. The van der Waals surface area contributed by atoms with Gasteiger partial charge < -0.3 is 14.6 Å². The molecule has 7 rings (SSSR count). The molecule has 0 spiro atoms. The van der Waals surface area contributed by atoms with E-state index in [0.29, 0.717) is 13.0 Å². The van der Waals surface area contributed by atoms with Crippen molar-refractivity contribution in [3.05, 3.63) is 107 Å². The molecule has 2 aliphatic carbocycles. The third-order valence-corrected chi connectivity index (χ3v) is 9.06. The Bertz CT molecular complexity index is 1850.